The lowest BCUT2D eigenvalue weighted by atomic mass is 9.86. The Morgan fingerprint density at radius 2 is 1.85 bits per heavy atom. The van der Waals surface area contributed by atoms with Gasteiger partial charge in [-0.05, 0) is 53.9 Å². The van der Waals surface area contributed by atoms with Gasteiger partial charge in [-0.25, -0.2) is 4.98 Å². The molecule has 1 aromatic heterocycles. The van der Waals surface area contributed by atoms with Gasteiger partial charge in [-0.2, -0.15) is 0 Å². The zero-order valence-corrected chi connectivity index (χ0v) is 21.3. The highest BCUT2D eigenvalue weighted by atomic mass is 35.5. The summed E-state index contributed by atoms with van der Waals surface area (Å²) >= 11 is 20.1. The third kappa shape index (κ3) is 4.89. The molecule has 3 aromatic carbocycles. The van der Waals surface area contributed by atoms with E-state index in [2.05, 4.69) is 16.3 Å². The first-order valence-electron chi connectivity index (χ1n) is 11.0. The standard InChI is InChI=1S/C26H22Cl3N3OS/c27-14-16-5-7-17(8-6-16)25(33)30-22-11-12-32(26-31-23-3-1-2-4-24(23)34-26)15-19(22)18-9-10-20(28)21(29)13-18/h1-10,13,19,22H,11-12,14-15H2,(H,30,33). The van der Waals surface area contributed by atoms with Crippen LogP contribution >= 0.6 is 46.1 Å². The molecular formula is C26H22Cl3N3OS. The molecule has 0 spiro atoms. The Labute approximate surface area is 217 Å². The number of hydrogen-bond donors (Lipinski definition) is 1. The number of nitrogens with zero attached hydrogens (tertiary/aromatic N) is 2. The first-order chi connectivity index (χ1) is 16.5. The zero-order chi connectivity index (χ0) is 23.7. The van der Waals surface area contributed by atoms with Crippen molar-refractivity contribution in [1.82, 2.24) is 10.3 Å². The van der Waals surface area contributed by atoms with Gasteiger partial charge in [-0.1, -0.05) is 64.9 Å². The fraction of sp³-hybridized carbons (Fsp3) is 0.231. The predicted octanol–water partition coefficient (Wildman–Crippen LogP) is 7.13. The number of hydrogen-bond acceptors (Lipinski definition) is 4. The Morgan fingerprint density at radius 1 is 1.06 bits per heavy atom. The average Bonchev–Trinajstić information content (AvgIpc) is 3.30. The van der Waals surface area contributed by atoms with E-state index >= 15 is 0 Å². The summed E-state index contributed by atoms with van der Waals surface area (Å²) in [5.74, 6) is 0.358. The number of fused-ring (bicyclic) bond motifs is 1. The van der Waals surface area contributed by atoms with Crippen LogP contribution in [0, 0.1) is 0 Å². The van der Waals surface area contributed by atoms with Gasteiger partial charge in [0.15, 0.2) is 5.13 Å². The van der Waals surface area contributed by atoms with Crippen molar-refractivity contribution in [2.24, 2.45) is 0 Å². The van der Waals surface area contributed by atoms with Crippen molar-refractivity contribution in [3.8, 4) is 0 Å². The number of alkyl halides is 1. The second-order valence-corrected chi connectivity index (χ2v) is 10.5. The van der Waals surface area contributed by atoms with Crippen molar-refractivity contribution in [1.29, 1.82) is 0 Å². The molecule has 0 saturated carbocycles. The molecule has 4 nitrogen and oxygen atoms in total. The highest BCUT2D eigenvalue weighted by Gasteiger charge is 2.33. The number of carbonyl (C=O) groups is 1. The van der Waals surface area contributed by atoms with E-state index in [0.717, 1.165) is 34.7 Å². The lowest BCUT2D eigenvalue weighted by Gasteiger charge is -2.39. The van der Waals surface area contributed by atoms with E-state index in [9.17, 15) is 4.79 Å². The number of amides is 1. The van der Waals surface area contributed by atoms with Gasteiger partial charge in [0.1, 0.15) is 0 Å². The highest BCUT2D eigenvalue weighted by Crippen LogP contribution is 2.36. The van der Waals surface area contributed by atoms with Crippen LogP contribution in [0.15, 0.2) is 66.7 Å². The van der Waals surface area contributed by atoms with E-state index < -0.39 is 0 Å². The fourth-order valence-corrected chi connectivity index (χ4v) is 5.86. The molecule has 174 valence electrons. The molecule has 34 heavy (non-hydrogen) atoms. The lowest BCUT2D eigenvalue weighted by molar-refractivity contribution is 0.0925. The molecule has 4 aromatic rings. The van der Waals surface area contributed by atoms with Gasteiger partial charge in [0.25, 0.3) is 5.91 Å². The van der Waals surface area contributed by atoms with Crippen LogP contribution in [-0.4, -0.2) is 30.0 Å². The molecule has 1 aliphatic heterocycles. The Bertz CT molecular complexity index is 1290. The molecule has 1 aliphatic rings. The van der Waals surface area contributed by atoms with Crippen LogP contribution in [0.4, 0.5) is 5.13 Å². The first kappa shape index (κ1) is 23.4. The lowest BCUT2D eigenvalue weighted by Crippen LogP contribution is -2.50. The van der Waals surface area contributed by atoms with Gasteiger partial charge in [0.05, 0.1) is 20.3 Å². The SMILES string of the molecule is O=C(NC1CCN(c2nc3ccccc3s2)CC1c1ccc(Cl)c(Cl)c1)c1ccc(CCl)cc1. The maximum Gasteiger partial charge on any atom is 0.251 e. The second kappa shape index (κ2) is 10.1. The summed E-state index contributed by atoms with van der Waals surface area (Å²) in [6.07, 6.45) is 0.784. The van der Waals surface area contributed by atoms with Crippen molar-refractivity contribution < 1.29 is 4.79 Å². The summed E-state index contributed by atoms with van der Waals surface area (Å²) in [5.41, 5.74) is 3.65. The van der Waals surface area contributed by atoms with Crippen molar-refractivity contribution in [3.63, 3.8) is 0 Å². The zero-order valence-electron chi connectivity index (χ0n) is 18.2. The molecular weight excluding hydrogens is 509 g/mol. The number of halogens is 3. The largest absolute Gasteiger partial charge is 0.349 e. The van der Waals surface area contributed by atoms with Gasteiger partial charge >= 0.3 is 0 Å². The molecule has 2 atom stereocenters. The van der Waals surface area contributed by atoms with Crippen molar-refractivity contribution in [3.05, 3.63) is 93.5 Å². The number of nitrogens with one attached hydrogen (secondary N) is 1. The molecule has 0 aliphatic carbocycles. The quantitative estimate of drug-likeness (QED) is 0.279. The van der Waals surface area contributed by atoms with Crippen LogP contribution in [-0.2, 0) is 5.88 Å². The molecule has 1 fully saturated rings. The summed E-state index contributed by atoms with van der Waals surface area (Å²) in [5, 5.41) is 5.29. The van der Waals surface area contributed by atoms with Crippen LogP contribution in [0.1, 0.15) is 33.8 Å². The number of anilines is 1. The number of para-hydroxylation sites is 1. The Hall–Kier alpha value is -2.31. The van der Waals surface area contributed by atoms with Crippen LogP contribution in [0.25, 0.3) is 10.2 Å². The van der Waals surface area contributed by atoms with Gasteiger partial charge < -0.3 is 10.2 Å². The van der Waals surface area contributed by atoms with Gasteiger partial charge in [-0.3, -0.25) is 4.79 Å². The van der Waals surface area contributed by atoms with Crippen LogP contribution in [0.2, 0.25) is 10.0 Å². The Morgan fingerprint density at radius 3 is 2.59 bits per heavy atom. The van der Waals surface area contributed by atoms with E-state index in [1.807, 2.05) is 60.7 Å². The number of piperidine rings is 1. The predicted molar refractivity (Wildman–Crippen MR) is 143 cm³/mol. The molecule has 2 unspecified atom stereocenters. The molecule has 0 radical (unpaired) electrons. The summed E-state index contributed by atoms with van der Waals surface area (Å²) in [7, 11) is 0. The maximum atomic E-state index is 13.1. The summed E-state index contributed by atoms with van der Waals surface area (Å²) in [4.78, 5) is 20.2. The van der Waals surface area contributed by atoms with Crippen molar-refractivity contribution in [2.75, 3.05) is 18.0 Å². The van der Waals surface area contributed by atoms with Crippen molar-refractivity contribution in [2.45, 2.75) is 24.3 Å². The minimum Gasteiger partial charge on any atom is -0.349 e. The second-order valence-electron chi connectivity index (χ2n) is 8.39. The number of carbonyl (C=O) groups excluding carboxylic acids is 1. The smallest absolute Gasteiger partial charge is 0.251 e. The third-order valence-corrected chi connectivity index (χ3v) is 8.37. The minimum absolute atomic E-state index is 0.0293. The normalized spacial score (nSPS) is 18.3. The molecule has 1 saturated heterocycles. The molecule has 0 bridgehead atoms. The monoisotopic (exact) mass is 529 g/mol. The van der Waals surface area contributed by atoms with Crippen molar-refractivity contribution >= 4 is 67.4 Å². The van der Waals surface area contributed by atoms with E-state index in [-0.39, 0.29) is 17.9 Å². The van der Waals surface area contributed by atoms with E-state index in [0.29, 0.717) is 28.0 Å². The summed E-state index contributed by atoms with van der Waals surface area (Å²) in [6.45, 7) is 1.52. The first-order valence-corrected chi connectivity index (χ1v) is 13.1. The Balaban J connectivity index is 1.42. The van der Waals surface area contributed by atoms with Crippen LogP contribution in [0.5, 0.6) is 0 Å². The Kier molecular flexibility index (Phi) is 6.98. The third-order valence-electron chi connectivity index (χ3n) is 6.22. The van der Waals surface area contributed by atoms with Gasteiger partial charge in [0.2, 0.25) is 0 Å². The molecule has 1 amide bonds. The topological polar surface area (TPSA) is 45.2 Å². The van der Waals surface area contributed by atoms with E-state index in [4.69, 9.17) is 39.8 Å². The number of thiazole rings is 1. The minimum atomic E-state index is -0.0929. The average molecular weight is 531 g/mol. The molecule has 5 rings (SSSR count). The fourth-order valence-electron chi connectivity index (χ4n) is 4.37. The number of benzene rings is 3. The van der Waals surface area contributed by atoms with E-state index in [1.165, 1.54) is 4.70 Å². The van der Waals surface area contributed by atoms with E-state index in [1.54, 1.807) is 11.3 Å². The molecule has 2 heterocycles. The molecule has 1 N–H and O–H groups in total. The molecule has 8 heteroatoms. The van der Waals surface area contributed by atoms with Crippen LogP contribution < -0.4 is 10.2 Å². The summed E-state index contributed by atoms with van der Waals surface area (Å²) in [6, 6.07) is 21.2. The van der Waals surface area contributed by atoms with Gasteiger partial charge in [-0.15, -0.1) is 11.6 Å². The summed E-state index contributed by atoms with van der Waals surface area (Å²) < 4.78 is 1.17. The van der Waals surface area contributed by atoms with Gasteiger partial charge in [0, 0.05) is 36.5 Å². The maximum absolute atomic E-state index is 13.1. The highest BCUT2D eigenvalue weighted by molar-refractivity contribution is 7.22. The number of aromatic nitrogens is 1. The van der Waals surface area contributed by atoms with Crippen LogP contribution in [0.3, 0.4) is 0 Å². The number of rotatable bonds is 5.